The first-order valence-electron chi connectivity index (χ1n) is 27.1. The summed E-state index contributed by atoms with van der Waals surface area (Å²) in [7, 11) is 0. The SMILES string of the molecule is CC/C=C\C/C=C\C/C=C\C/C=C\C/C=C\CCCCCCCC(=O)OCC(COC(=O)CCCCCCC)OC(=O)CCCCCCCCCCC/C=C\C/C=C\CCCCCCC. The van der Waals surface area contributed by atoms with E-state index in [1.807, 2.05) is 0 Å². The fraction of sp³-hybridized carbons (Fsp3) is 0.712. The van der Waals surface area contributed by atoms with Crippen LogP contribution in [0, 0.1) is 0 Å². The second-order valence-electron chi connectivity index (χ2n) is 17.8. The van der Waals surface area contributed by atoms with Gasteiger partial charge in [0.15, 0.2) is 6.10 Å². The number of allylic oxidation sites excluding steroid dienone is 14. The lowest BCUT2D eigenvalue weighted by atomic mass is 10.1. The third-order valence-corrected chi connectivity index (χ3v) is 11.4. The molecule has 65 heavy (non-hydrogen) atoms. The van der Waals surface area contributed by atoms with Crippen LogP contribution in [0.1, 0.15) is 252 Å². The zero-order valence-corrected chi connectivity index (χ0v) is 42.5. The Labute approximate surface area is 401 Å². The predicted octanol–water partition coefficient (Wildman–Crippen LogP) is 18.0. The van der Waals surface area contributed by atoms with Gasteiger partial charge in [0, 0.05) is 19.3 Å². The molecule has 0 bridgehead atoms. The minimum atomic E-state index is -0.784. The van der Waals surface area contributed by atoms with Crippen LogP contribution in [-0.2, 0) is 28.6 Å². The molecule has 0 heterocycles. The van der Waals surface area contributed by atoms with Crippen molar-refractivity contribution < 1.29 is 28.6 Å². The summed E-state index contributed by atoms with van der Waals surface area (Å²) in [6.07, 6.45) is 68.9. The summed E-state index contributed by atoms with van der Waals surface area (Å²) >= 11 is 0. The highest BCUT2D eigenvalue weighted by Gasteiger charge is 2.19. The Hall–Kier alpha value is -3.41. The number of carbonyl (C=O) groups excluding carboxylic acids is 3. The van der Waals surface area contributed by atoms with Gasteiger partial charge in [0.25, 0.3) is 0 Å². The fourth-order valence-electron chi connectivity index (χ4n) is 7.32. The molecule has 0 aromatic carbocycles. The van der Waals surface area contributed by atoms with E-state index in [0.717, 1.165) is 122 Å². The highest BCUT2D eigenvalue weighted by atomic mass is 16.6. The fourth-order valence-corrected chi connectivity index (χ4v) is 7.32. The quantitative estimate of drug-likeness (QED) is 0.0262. The first kappa shape index (κ1) is 61.6. The zero-order chi connectivity index (χ0) is 47.2. The Kier molecular flexibility index (Phi) is 50.4. The molecule has 0 aliphatic carbocycles. The molecule has 6 heteroatoms. The van der Waals surface area contributed by atoms with Crippen molar-refractivity contribution in [2.75, 3.05) is 13.2 Å². The van der Waals surface area contributed by atoms with E-state index in [4.69, 9.17) is 14.2 Å². The van der Waals surface area contributed by atoms with E-state index in [1.165, 1.54) is 89.9 Å². The number of ether oxygens (including phenoxy) is 3. The van der Waals surface area contributed by atoms with Crippen LogP contribution in [0.2, 0.25) is 0 Å². The molecule has 0 saturated heterocycles. The maximum Gasteiger partial charge on any atom is 0.306 e. The maximum absolute atomic E-state index is 12.8. The lowest BCUT2D eigenvalue weighted by molar-refractivity contribution is -0.167. The van der Waals surface area contributed by atoms with E-state index in [0.29, 0.717) is 19.3 Å². The first-order chi connectivity index (χ1) is 32.0. The molecule has 1 atom stereocenters. The zero-order valence-electron chi connectivity index (χ0n) is 42.5. The summed E-state index contributed by atoms with van der Waals surface area (Å²) < 4.78 is 16.7. The van der Waals surface area contributed by atoms with Crippen LogP contribution in [0.25, 0.3) is 0 Å². The standard InChI is InChI=1S/C59H100O6/c1-4-7-10-13-15-17-19-21-23-25-27-29-31-33-35-37-39-41-43-46-49-52-58(61)64-55-56(54-63-57(60)51-48-45-12-9-6-3)65-59(62)53-50-47-44-42-40-38-36-34-32-30-28-26-24-22-20-18-16-14-11-8-5-2/h7,10,15,17,20-23,26-29,33,35,56H,4-6,8-9,11-14,16,18-19,24-25,30-32,34,36-55H2,1-3H3/b10-7-,17-15-,22-20-,23-21-,28-26-,29-27-,35-33-. The van der Waals surface area contributed by atoms with Gasteiger partial charge in [0.1, 0.15) is 13.2 Å². The van der Waals surface area contributed by atoms with Crippen LogP contribution in [0.3, 0.4) is 0 Å². The molecule has 1 unspecified atom stereocenters. The molecule has 0 rings (SSSR count). The summed E-state index contributed by atoms with van der Waals surface area (Å²) in [6, 6.07) is 0. The van der Waals surface area contributed by atoms with E-state index in [2.05, 4.69) is 106 Å². The molecule has 372 valence electrons. The van der Waals surface area contributed by atoms with Gasteiger partial charge >= 0.3 is 17.9 Å². The topological polar surface area (TPSA) is 78.9 Å². The molecule has 0 aliphatic rings. The van der Waals surface area contributed by atoms with Gasteiger partial charge in [-0.25, -0.2) is 0 Å². The molecule has 0 amide bonds. The molecule has 0 aliphatic heterocycles. The number of hydrogen-bond acceptors (Lipinski definition) is 6. The Morgan fingerprint density at radius 2 is 0.600 bits per heavy atom. The lowest BCUT2D eigenvalue weighted by Gasteiger charge is -2.18. The van der Waals surface area contributed by atoms with E-state index < -0.39 is 6.10 Å². The minimum absolute atomic E-state index is 0.0857. The molecule has 0 spiro atoms. The van der Waals surface area contributed by atoms with Crippen molar-refractivity contribution in [3.63, 3.8) is 0 Å². The van der Waals surface area contributed by atoms with Crippen molar-refractivity contribution in [2.45, 2.75) is 258 Å². The third-order valence-electron chi connectivity index (χ3n) is 11.4. The Balaban J connectivity index is 4.19. The highest BCUT2D eigenvalue weighted by Crippen LogP contribution is 2.14. The largest absolute Gasteiger partial charge is 0.462 e. The average Bonchev–Trinajstić information content (AvgIpc) is 3.30. The minimum Gasteiger partial charge on any atom is -0.462 e. The number of esters is 3. The highest BCUT2D eigenvalue weighted by molar-refractivity contribution is 5.71. The summed E-state index contributed by atoms with van der Waals surface area (Å²) in [6.45, 7) is 6.41. The smallest absolute Gasteiger partial charge is 0.306 e. The first-order valence-corrected chi connectivity index (χ1v) is 27.1. The number of carbonyl (C=O) groups is 3. The van der Waals surface area contributed by atoms with Gasteiger partial charge in [-0.1, -0.05) is 221 Å². The Morgan fingerprint density at radius 3 is 0.938 bits per heavy atom. The van der Waals surface area contributed by atoms with Gasteiger partial charge < -0.3 is 14.2 Å². The summed E-state index contributed by atoms with van der Waals surface area (Å²) in [5.41, 5.74) is 0. The van der Waals surface area contributed by atoms with Crippen molar-refractivity contribution in [3.05, 3.63) is 85.1 Å². The van der Waals surface area contributed by atoms with Crippen LogP contribution in [-0.4, -0.2) is 37.2 Å². The molecule has 0 fully saturated rings. The van der Waals surface area contributed by atoms with Crippen molar-refractivity contribution in [1.82, 2.24) is 0 Å². The molecule has 6 nitrogen and oxygen atoms in total. The molecule has 0 saturated carbocycles. The summed E-state index contributed by atoms with van der Waals surface area (Å²) in [4.78, 5) is 37.7. The van der Waals surface area contributed by atoms with Crippen molar-refractivity contribution in [2.24, 2.45) is 0 Å². The molecular weight excluding hydrogens is 805 g/mol. The van der Waals surface area contributed by atoms with Crippen LogP contribution in [0.15, 0.2) is 85.1 Å². The Morgan fingerprint density at radius 1 is 0.323 bits per heavy atom. The molecule has 0 N–H and O–H groups in total. The second kappa shape index (κ2) is 53.2. The maximum atomic E-state index is 12.8. The Bertz CT molecular complexity index is 1270. The molecular formula is C59H100O6. The number of unbranched alkanes of at least 4 members (excludes halogenated alkanes) is 23. The van der Waals surface area contributed by atoms with Crippen LogP contribution in [0.5, 0.6) is 0 Å². The van der Waals surface area contributed by atoms with Gasteiger partial charge in [0.05, 0.1) is 0 Å². The van der Waals surface area contributed by atoms with Crippen molar-refractivity contribution >= 4 is 17.9 Å². The molecule has 0 radical (unpaired) electrons. The van der Waals surface area contributed by atoms with Crippen molar-refractivity contribution in [3.8, 4) is 0 Å². The van der Waals surface area contributed by atoms with E-state index >= 15 is 0 Å². The average molecular weight is 905 g/mol. The predicted molar refractivity (Wildman–Crippen MR) is 279 cm³/mol. The summed E-state index contributed by atoms with van der Waals surface area (Å²) in [5.74, 6) is -0.922. The lowest BCUT2D eigenvalue weighted by Crippen LogP contribution is -2.30. The third kappa shape index (κ3) is 51.4. The molecule has 0 aromatic heterocycles. The van der Waals surface area contributed by atoms with Crippen molar-refractivity contribution in [1.29, 1.82) is 0 Å². The number of hydrogen-bond donors (Lipinski definition) is 0. The van der Waals surface area contributed by atoms with E-state index in [-0.39, 0.29) is 31.1 Å². The van der Waals surface area contributed by atoms with Gasteiger partial charge in [0.2, 0.25) is 0 Å². The normalized spacial score (nSPS) is 12.7. The monoisotopic (exact) mass is 905 g/mol. The van der Waals surface area contributed by atoms with Crippen LogP contribution >= 0.6 is 0 Å². The van der Waals surface area contributed by atoms with Crippen LogP contribution < -0.4 is 0 Å². The molecule has 0 aromatic rings. The van der Waals surface area contributed by atoms with Gasteiger partial charge in [-0.15, -0.1) is 0 Å². The van der Waals surface area contributed by atoms with Crippen LogP contribution in [0.4, 0.5) is 0 Å². The van der Waals surface area contributed by atoms with Gasteiger partial charge in [-0.2, -0.15) is 0 Å². The van der Waals surface area contributed by atoms with E-state index in [9.17, 15) is 14.4 Å². The number of rotatable bonds is 48. The second-order valence-corrected chi connectivity index (χ2v) is 17.8. The van der Waals surface area contributed by atoms with Gasteiger partial charge in [-0.05, 0) is 96.3 Å². The van der Waals surface area contributed by atoms with Gasteiger partial charge in [-0.3, -0.25) is 14.4 Å². The van der Waals surface area contributed by atoms with E-state index in [1.54, 1.807) is 0 Å². The summed E-state index contributed by atoms with van der Waals surface area (Å²) in [5, 5.41) is 0.